The summed E-state index contributed by atoms with van der Waals surface area (Å²) in [6, 6.07) is 5.62. The molecule has 6 nitrogen and oxygen atoms in total. The molecule has 3 atom stereocenters. The van der Waals surface area contributed by atoms with Gasteiger partial charge in [-0.1, -0.05) is 12.1 Å². The van der Waals surface area contributed by atoms with E-state index in [0.29, 0.717) is 12.1 Å². The van der Waals surface area contributed by atoms with Crippen molar-refractivity contribution in [1.82, 2.24) is 10.6 Å². The summed E-state index contributed by atoms with van der Waals surface area (Å²) in [4.78, 5) is 3.85. The van der Waals surface area contributed by atoms with E-state index in [1.54, 1.807) is 7.05 Å². The zero-order valence-corrected chi connectivity index (χ0v) is 14.4. The van der Waals surface area contributed by atoms with Crippen LogP contribution in [0.5, 0.6) is 0 Å². The summed E-state index contributed by atoms with van der Waals surface area (Å²) < 4.78 is 43.8. The van der Waals surface area contributed by atoms with Gasteiger partial charge in [0, 0.05) is 13.6 Å². The number of benzene rings is 1. The van der Waals surface area contributed by atoms with E-state index in [1.807, 2.05) is 0 Å². The van der Waals surface area contributed by atoms with Crippen molar-refractivity contribution in [2.24, 2.45) is 4.99 Å². The van der Waals surface area contributed by atoms with Crippen molar-refractivity contribution < 1.29 is 17.5 Å². The van der Waals surface area contributed by atoms with Crippen LogP contribution in [0.3, 0.4) is 0 Å². The van der Waals surface area contributed by atoms with E-state index in [4.69, 9.17) is 4.74 Å². The van der Waals surface area contributed by atoms with Gasteiger partial charge in [-0.05, 0) is 31.4 Å². The Morgan fingerprint density at radius 3 is 2.79 bits per heavy atom. The lowest BCUT2D eigenvalue weighted by molar-refractivity contribution is 0.0992. The Kier molecular flexibility index (Phi) is 5.05. The van der Waals surface area contributed by atoms with E-state index in [9.17, 15) is 12.8 Å². The zero-order chi connectivity index (χ0) is 17.2. The largest absolute Gasteiger partial charge is 0.373 e. The average molecular weight is 355 g/mol. The Hall–Kier alpha value is -1.67. The van der Waals surface area contributed by atoms with Gasteiger partial charge < -0.3 is 15.4 Å². The topological polar surface area (TPSA) is 79.8 Å². The second-order valence-corrected chi connectivity index (χ2v) is 8.19. The molecule has 3 rings (SSSR count). The lowest BCUT2D eigenvalue weighted by Crippen LogP contribution is -2.48. The van der Waals surface area contributed by atoms with Crippen molar-refractivity contribution in [3.05, 3.63) is 30.1 Å². The fraction of sp³-hybridized carbons (Fsp3) is 0.562. The van der Waals surface area contributed by atoms with E-state index in [1.165, 1.54) is 18.2 Å². The maximum Gasteiger partial charge on any atom is 0.191 e. The van der Waals surface area contributed by atoms with E-state index in [0.717, 1.165) is 25.3 Å². The first-order valence-corrected chi connectivity index (χ1v) is 9.75. The first-order valence-electron chi connectivity index (χ1n) is 8.09. The first-order chi connectivity index (χ1) is 11.5. The molecule has 2 saturated heterocycles. The maximum atomic E-state index is 13.6. The smallest absolute Gasteiger partial charge is 0.191 e. The third-order valence-electron chi connectivity index (χ3n) is 4.49. The number of halogens is 1. The molecule has 0 aromatic heterocycles. The molecule has 24 heavy (non-hydrogen) atoms. The summed E-state index contributed by atoms with van der Waals surface area (Å²) in [7, 11) is -2.04. The van der Waals surface area contributed by atoms with Gasteiger partial charge in [0.2, 0.25) is 0 Å². The quantitative estimate of drug-likeness (QED) is 0.610. The minimum atomic E-state index is -3.68. The highest BCUT2D eigenvalue weighted by atomic mass is 32.2. The Labute approximate surface area is 141 Å². The molecule has 2 heterocycles. The van der Waals surface area contributed by atoms with Crippen molar-refractivity contribution in [3.63, 3.8) is 0 Å². The number of sulfone groups is 1. The molecule has 0 saturated carbocycles. The lowest BCUT2D eigenvalue weighted by Gasteiger charge is -2.22. The Bertz CT molecular complexity index is 723. The van der Waals surface area contributed by atoms with Crippen LogP contribution in [0, 0.1) is 5.82 Å². The summed E-state index contributed by atoms with van der Waals surface area (Å²) >= 11 is 0. The van der Waals surface area contributed by atoms with Gasteiger partial charge in [-0.15, -0.1) is 0 Å². The molecular formula is C16H22FN3O3S. The number of ether oxygens (including phenoxy) is 1. The molecule has 3 unspecified atom stereocenters. The molecule has 132 valence electrons. The molecule has 2 bridgehead atoms. The summed E-state index contributed by atoms with van der Waals surface area (Å²) in [5.74, 6) is -0.388. The minimum Gasteiger partial charge on any atom is -0.373 e. The van der Waals surface area contributed by atoms with Crippen molar-refractivity contribution in [3.8, 4) is 0 Å². The van der Waals surface area contributed by atoms with E-state index in [2.05, 4.69) is 15.6 Å². The van der Waals surface area contributed by atoms with Gasteiger partial charge >= 0.3 is 0 Å². The summed E-state index contributed by atoms with van der Waals surface area (Å²) in [5, 5.41) is 6.26. The number of nitrogens with zero attached hydrogens (tertiary/aromatic N) is 1. The first kappa shape index (κ1) is 17.2. The van der Waals surface area contributed by atoms with Crippen LogP contribution >= 0.6 is 0 Å². The molecular weight excluding hydrogens is 333 g/mol. The van der Waals surface area contributed by atoms with Crippen molar-refractivity contribution in [1.29, 1.82) is 0 Å². The number of rotatable bonds is 5. The van der Waals surface area contributed by atoms with Gasteiger partial charge in [-0.3, -0.25) is 4.99 Å². The van der Waals surface area contributed by atoms with E-state index in [-0.39, 0.29) is 29.3 Å². The molecule has 0 aliphatic carbocycles. The lowest BCUT2D eigenvalue weighted by atomic mass is 9.96. The van der Waals surface area contributed by atoms with Crippen molar-refractivity contribution in [2.75, 3.05) is 19.3 Å². The molecule has 0 amide bonds. The van der Waals surface area contributed by atoms with Crippen LogP contribution in [0.25, 0.3) is 0 Å². The molecule has 1 aromatic carbocycles. The second-order valence-electron chi connectivity index (χ2n) is 6.11. The SMILES string of the molecule is CN=C(NCCS(=O)(=O)c1ccccc1F)NC1CC2CCC1O2. The Morgan fingerprint density at radius 2 is 2.17 bits per heavy atom. The molecule has 2 fully saturated rings. The molecule has 0 radical (unpaired) electrons. The van der Waals surface area contributed by atoms with Gasteiger partial charge in [-0.2, -0.15) is 0 Å². The highest BCUT2D eigenvalue weighted by Gasteiger charge is 2.41. The number of fused-ring (bicyclic) bond motifs is 2. The van der Waals surface area contributed by atoms with E-state index < -0.39 is 15.7 Å². The zero-order valence-electron chi connectivity index (χ0n) is 13.5. The number of guanidine groups is 1. The van der Waals surface area contributed by atoms with Crippen LogP contribution in [0.1, 0.15) is 19.3 Å². The van der Waals surface area contributed by atoms with Crippen LogP contribution in [-0.4, -0.2) is 52.0 Å². The van der Waals surface area contributed by atoms with Crippen LogP contribution in [0.4, 0.5) is 4.39 Å². The van der Waals surface area contributed by atoms with Gasteiger partial charge in [0.15, 0.2) is 15.8 Å². The molecule has 0 spiro atoms. The number of nitrogens with one attached hydrogen (secondary N) is 2. The third-order valence-corrected chi connectivity index (χ3v) is 6.23. The number of hydrogen-bond acceptors (Lipinski definition) is 4. The predicted octanol–water partition coefficient (Wildman–Crippen LogP) is 1.08. The molecule has 2 N–H and O–H groups in total. The second kappa shape index (κ2) is 7.06. The van der Waals surface area contributed by atoms with E-state index >= 15 is 0 Å². The van der Waals surface area contributed by atoms with Gasteiger partial charge in [0.05, 0.1) is 24.0 Å². The Balaban J connectivity index is 1.52. The van der Waals surface area contributed by atoms with Gasteiger partial charge in [-0.25, -0.2) is 12.8 Å². The highest BCUT2D eigenvalue weighted by molar-refractivity contribution is 7.91. The van der Waals surface area contributed by atoms with Crippen LogP contribution in [0.15, 0.2) is 34.2 Å². The van der Waals surface area contributed by atoms with Gasteiger partial charge in [0.1, 0.15) is 10.7 Å². The molecule has 1 aromatic rings. The summed E-state index contributed by atoms with van der Waals surface area (Å²) in [6.45, 7) is 0.151. The van der Waals surface area contributed by atoms with Crippen LogP contribution in [0.2, 0.25) is 0 Å². The molecule has 2 aliphatic rings. The summed E-state index contributed by atoms with van der Waals surface area (Å²) in [5.41, 5.74) is 0. The number of aliphatic imine (C=N–C) groups is 1. The number of hydrogen-bond donors (Lipinski definition) is 2. The molecule has 2 aliphatic heterocycles. The standard InChI is InChI=1S/C16H22FN3O3S/c1-18-16(20-13-10-11-6-7-14(13)23-11)19-8-9-24(21,22)15-5-3-2-4-12(15)17/h2-5,11,13-14H,6-10H2,1H3,(H2,18,19,20). The normalized spacial score (nSPS) is 26.6. The Morgan fingerprint density at radius 1 is 1.38 bits per heavy atom. The predicted molar refractivity (Wildman–Crippen MR) is 89.3 cm³/mol. The molecule has 8 heteroatoms. The summed E-state index contributed by atoms with van der Waals surface area (Å²) in [6.07, 6.45) is 3.62. The fourth-order valence-electron chi connectivity index (χ4n) is 3.27. The maximum absolute atomic E-state index is 13.6. The van der Waals surface area contributed by atoms with Crippen LogP contribution in [-0.2, 0) is 14.6 Å². The fourth-order valence-corrected chi connectivity index (χ4v) is 4.51. The average Bonchev–Trinajstić information content (AvgIpc) is 3.16. The highest BCUT2D eigenvalue weighted by Crippen LogP contribution is 2.34. The van der Waals surface area contributed by atoms with Crippen LogP contribution < -0.4 is 10.6 Å². The van der Waals surface area contributed by atoms with Gasteiger partial charge in [0.25, 0.3) is 0 Å². The van der Waals surface area contributed by atoms with Crippen molar-refractivity contribution in [2.45, 2.75) is 42.4 Å². The minimum absolute atomic E-state index is 0.151. The third kappa shape index (κ3) is 3.70. The monoisotopic (exact) mass is 355 g/mol. The van der Waals surface area contributed by atoms with Crippen molar-refractivity contribution >= 4 is 15.8 Å².